The second-order valence-electron chi connectivity index (χ2n) is 4.45. The first-order valence-electron chi connectivity index (χ1n) is 5.93. The van der Waals surface area contributed by atoms with E-state index >= 15 is 0 Å². The molecular formula is C13H17N3O. The van der Waals surface area contributed by atoms with Gasteiger partial charge in [-0.1, -0.05) is 6.07 Å². The van der Waals surface area contributed by atoms with Crippen LogP contribution in [-0.4, -0.2) is 24.7 Å². The lowest BCUT2D eigenvalue weighted by atomic mass is 9.82. The predicted octanol–water partition coefficient (Wildman–Crippen LogP) is 1.47. The number of rotatable bonds is 5. The van der Waals surface area contributed by atoms with Crippen LogP contribution in [0.3, 0.4) is 0 Å². The highest BCUT2D eigenvalue weighted by atomic mass is 16.5. The molecule has 0 spiro atoms. The second-order valence-corrected chi connectivity index (χ2v) is 4.45. The van der Waals surface area contributed by atoms with Gasteiger partial charge < -0.3 is 10.1 Å². The highest BCUT2D eigenvalue weighted by molar-refractivity contribution is 5.29. The van der Waals surface area contributed by atoms with Gasteiger partial charge >= 0.3 is 0 Å². The molecule has 1 aliphatic carbocycles. The van der Waals surface area contributed by atoms with Gasteiger partial charge in [0.2, 0.25) is 0 Å². The van der Waals surface area contributed by atoms with Crippen LogP contribution in [0.2, 0.25) is 0 Å². The van der Waals surface area contributed by atoms with Gasteiger partial charge in [0.15, 0.2) is 0 Å². The number of nitrogens with one attached hydrogen (secondary N) is 1. The number of hydrogen-bond acceptors (Lipinski definition) is 4. The van der Waals surface area contributed by atoms with E-state index in [4.69, 9.17) is 10.00 Å². The minimum absolute atomic E-state index is 0.347. The molecule has 1 aromatic rings. The van der Waals surface area contributed by atoms with Gasteiger partial charge in [-0.05, 0) is 38.4 Å². The largest absolute Gasteiger partial charge is 0.373 e. The molecule has 0 saturated heterocycles. The molecule has 17 heavy (non-hydrogen) atoms. The molecule has 1 aliphatic rings. The fraction of sp³-hybridized carbons (Fsp3) is 0.538. The van der Waals surface area contributed by atoms with Crippen LogP contribution < -0.4 is 5.32 Å². The number of nitriles is 1. The summed E-state index contributed by atoms with van der Waals surface area (Å²) < 4.78 is 5.76. The average molecular weight is 231 g/mol. The zero-order chi connectivity index (χ0) is 12.1. The zero-order valence-corrected chi connectivity index (χ0v) is 10.0. The highest BCUT2D eigenvalue weighted by Crippen LogP contribution is 2.30. The van der Waals surface area contributed by atoms with Crippen molar-refractivity contribution in [2.45, 2.75) is 25.6 Å². The third-order valence-corrected chi connectivity index (χ3v) is 3.16. The fourth-order valence-corrected chi connectivity index (χ4v) is 2.13. The smallest absolute Gasteiger partial charge is 0.145 e. The average Bonchev–Trinajstić information content (AvgIpc) is 2.32. The van der Waals surface area contributed by atoms with E-state index in [-0.39, 0.29) is 0 Å². The van der Waals surface area contributed by atoms with Crippen molar-refractivity contribution in [3.63, 3.8) is 0 Å². The monoisotopic (exact) mass is 231 g/mol. The van der Waals surface area contributed by atoms with Crippen molar-refractivity contribution in [2.75, 3.05) is 13.6 Å². The molecular weight excluding hydrogens is 214 g/mol. The number of nitrogens with zero attached hydrogens (tertiary/aromatic N) is 2. The fourth-order valence-electron chi connectivity index (χ4n) is 2.13. The third-order valence-electron chi connectivity index (χ3n) is 3.16. The van der Waals surface area contributed by atoms with Crippen molar-refractivity contribution in [2.24, 2.45) is 5.92 Å². The van der Waals surface area contributed by atoms with Crippen LogP contribution in [0.25, 0.3) is 0 Å². The van der Waals surface area contributed by atoms with Crippen molar-refractivity contribution in [3.8, 4) is 6.07 Å². The van der Waals surface area contributed by atoms with Crippen LogP contribution in [0.1, 0.15) is 24.1 Å². The molecule has 2 rings (SSSR count). The molecule has 1 heterocycles. The lowest BCUT2D eigenvalue weighted by Crippen LogP contribution is -2.36. The number of ether oxygens (including phenoxy) is 1. The van der Waals surface area contributed by atoms with E-state index in [1.54, 1.807) is 6.20 Å². The summed E-state index contributed by atoms with van der Waals surface area (Å²) in [6.07, 6.45) is 4.21. The second kappa shape index (κ2) is 5.76. The Bertz CT molecular complexity index is 407. The summed E-state index contributed by atoms with van der Waals surface area (Å²) in [4.78, 5) is 4.01. The van der Waals surface area contributed by atoms with Gasteiger partial charge in [0, 0.05) is 11.8 Å². The van der Waals surface area contributed by atoms with Gasteiger partial charge in [-0.3, -0.25) is 0 Å². The first kappa shape index (κ1) is 12.0. The SMILES string of the molecule is CNCC1CC(OCc2cccnc2C#N)C1. The van der Waals surface area contributed by atoms with Gasteiger partial charge in [-0.25, -0.2) is 4.98 Å². The van der Waals surface area contributed by atoms with Crippen LogP contribution in [0.15, 0.2) is 18.3 Å². The number of aromatic nitrogens is 1. The molecule has 0 amide bonds. The summed E-state index contributed by atoms with van der Waals surface area (Å²) in [7, 11) is 1.98. The zero-order valence-electron chi connectivity index (χ0n) is 10.0. The third kappa shape index (κ3) is 3.02. The highest BCUT2D eigenvalue weighted by Gasteiger charge is 2.29. The van der Waals surface area contributed by atoms with Crippen LogP contribution in [0, 0.1) is 17.2 Å². The van der Waals surface area contributed by atoms with Crippen LogP contribution in [0.5, 0.6) is 0 Å². The minimum Gasteiger partial charge on any atom is -0.373 e. The van der Waals surface area contributed by atoms with Crippen molar-refractivity contribution >= 4 is 0 Å². The Morgan fingerprint density at radius 2 is 2.41 bits per heavy atom. The van der Waals surface area contributed by atoms with Crippen LogP contribution >= 0.6 is 0 Å². The Hall–Kier alpha value is -1.44. The standard InChI is InChI=1S/C13H17N3O/c1-15-8-10-5-12(6-10)17-9-11-3-2-4-16-13(11)7-14/h2-4,10,12,15H,5-6,8-9H2,1H3. The Kier molecular flexibility index (Phi) is 4.08. The molecule has 1 fully saturated rings. The Labute approximate surface area is 102 Å². The van der Waals surface area contributed by atoms with Gasteiger partial charge in [-0.15, -0.1) is 0 Å². The maximum absolute atomic E-state index is 8.89. The molecule has 1 N–H and O–H groups in total. The summed E-state index contributed by atoms with van der Waals surface area (Å²) >= 11 is 0. The Morgan fingerprint density at radius 3 is 3.12 bits per heavy atom. The van der Waals surface area contributed by atoms with E-state index in [9.17, 15) is 0 Å². The van der Waals surface area contributed by atoms with E-state index in [2.05, 4.69) is 16.4 Å². The molecule has 0 aromatic carbocycles. The molecule has 1 saturated carbocycles. The summed E-state index contributed by atoms with van der Waals surface area (Å²) in [5.74, 6) is 0.745. The molecule has 1 aromatic heterocycles. The molecule has 4 nitrogen and oxygen atoms in total. The topological polar surface area (TPSA) is 57.9 Å². The van der Waals surface area contributed by atoms with Gasteiger partial charge in [0.1, 0.15) is 11.8 Å². The van der Waals surface area contributed by atoms with Gasteiger partial charge in [0.05, 0.1) is 12.7 Å². The summed E-state index contributed by atoms with van der Waals surface area (Å²) in [6, 6.07) is 5.82. The Morgan fingerprint density at radius 1 is 1.59 bits per heavy atom. The minimum atomic E-state index is 0.347. The van der Waals surface area contributed by atoms with Crippen molar-refractivity contribution < 1.29 is 4.74 Å². The van der Waals surface area contributed by atoms with Crippen LogP contribution in [-0.2, 0) is 11.3 Å². The van der Waals surface area contributed by atoms with E-state index in [0.717, 1.165) is 30.9 Å². The molecule has 0 unspecified atom stereocenters. The lowest BCUT2D eigenvalue weighted by molar-refractivity contribution is -0.0392. The first-order chi connectivity index (χ1) is 8.33. The van der Waals surface area contributed by atoms with E-state index in [0.29, 0.717) is 18.4 Å². The molecule has 90 valence electrons. The number of pyridine rings is 1. The maximum Gasteiger partial charge on any atom is 0.145 e. The first-order valence-corrected chi connectivity index (χ1v) is 5.93. The molecule has 0 bridgehead atoms. The van der Waals surface area contributed by atoms with Crippen LogP contribution in [0.4, 0.5) is 0 Å². The molecule has 4 heteroatoms. The maximum atomic E-state index is 8.89. The summed E-state index contributed by atoms with van der Waals surface area (Å²) in [6.45, 7) is 1.56. The van der Waals surface area contributed by atoms with Crippen molar-refractivity contribution in [1.29, 1.82) is 5.26 Å². The van der Waals surface area contributed by atoms with E-state index in [1.165, 1.54) is 0 Å². The molecule has 0 aliphatic heterocycles. The van der Waals surface area contributed by atoms with Gasteiger partial charge in [0.25, 0.3) is 0 Å². The van der Waals surface area contributed by atoms with Gasteiger partial charge in [-0.2, -0.15) is 5.26 Å². The number of hydrogen-bond donors (Lipinski definition) is 1. The Balaban J connectivity index is 1.78. The predicted molar refractivity (Wildman–Crippen MR) is 64.2 cm³/mol. The molecule has 0 atom stereocenters. The molecule has 0 radical (unpaired) electrons. The normalized spacial score (nSPS) is 22.8. The quantitative estimate of drug-likeness (QED) is 0.833. The lowest BCUT2D eigenvalue weighted by Gasteiger charge is -2.35. The van der Waals surface area contributed by atoms with Crippen molar-refractivity contribution in [1.82, 2.24) is 10.3 Å². The van der Waals surface area contributed by atoms with E-state index < -0.39 is 0 Å². The summed E-state index contributed by atoms with van der Waals surface area (Å²) in [5, 5.41) is 12.1. The summed E-state index contributed by atoms with van der Waals surface area (Å²) in [5.41, 5.74) is 1.35. The van der Waals surface area contributed by atoms with E-state index in [1.807, 2.05) is 19.2 Å². The van der Waals surface area contributed by atoms with Crippen molar-refractivity contribution in [3.05, 3.63) is 29.6 Å².